The molecule has 0 heterocycles. The Morgan fingerprint density at radius 1 is 0.931 bits per heavy atom. The third-order valence-electron chi connectivity index (χ3n) is 4.49. The van der Waals surface area contributed by atoms with E-state index in [2.05, 4.69) is 5.32 Å². The zero-order valence-electron chi connectivity index (χ0n) is 14.9. The highest BCUT2D eigenvalue weighted by atomic mass is 35.5. The maximum atomic E-state index is 13.2. The number of nitrogens with one attached hydrogen (secondary N) is 1. The van der Waals surface area contributed by atoms with Gasteiger partial charge >= 0.3 is 0 Å². The van der Waals surface area contributed by atoms with Crippen LogP contribution >= 0.6 is 11.6 Å². The van der Waals surface area contributed by atoms with E-state index in [1.807, 2.05) is 0 Å². The molecule has 1 amide bonds. The molecule has 0 aromatic heterocycles. The van der Waals surface area contributed by atoms with Crippen LogP contribution in [0.3, 0.4) is 0 Å². The number of ketones is 2. The number of ether oxygens (including phenoxy) is 1. The quantitative estimate of drug-likeness (QED) is 0.546. The molecule has 144 valence electrons. The summed E-state index contributed by atoms with van der Waals surface area (Å²) in [5.74, 6) is -1.52. The van der Waals surface area contributed by atoms with Gasteiger partial charge in [0.1, 0.15) is 11.6 Å². The Balaban J connectivity index is 1.56. The third kappa shape index (κ3) is 3.50. The molecular weight excluding hydrogens is 397 g/mol. The summed E-state index contributed by atoms with van der Waals surface area (Å²) in [7, 11) is 0. The second-order valence-corrected chi connectivity index (χ2v) is 6.75. The lowest BCUT2D eigenvalue weighted by Gasteiger charge is -2.20. The second kappa shape index (κ2) is 7.48. The second-order valence-electron chi connectivity index (χ2n) is 6.34. The Bertz CT molecular complexity index is 1180. The van der Waals surface area contributed by atoms with Crippen LogP contribution in [0.25, 0.3) is 0 Å². The predicted molar refractivity (Wildman–Crippen MR) is 105 cm³/mol. The minimum absolute atomic E-state index is 0.122. The van der Waals surface area contributed by atoms with Crippen LogP contribution in [0.4, 0.5) is 10.1 Å². The number of anilines is 1. The standard InChI is InChI=1S/C22H13ClFNO4/c23-16-10-12(8-9-17(16)24)29-11-19(26)25-18-7-3-6-15-20(18)22(28)14-5-2-1-4-13(14)21(15)27/h1-10H,11H2,(H,25,26). The zero-order chi connectivity index (χ0) is 20.5. The van der Waals surface area contributed by atoms with Crippen LogP contribution in [0.1, 0.15) is 31.8 Å². The van der Waals surface area contributed by atoms with E-state index in [1.165, 1.54) is 12.1 Å². The predicted octanol–water partition coefficient (Wildman–Crippen LogP) is 4.27. The lowest BCUT2D eigenvalue weighted by atomic mass is 9.83. The fourth-order valence-corrected chi connectivity index (χ4v) is 3.32. The van der Waals surface area contributed by atoms with Gasteiger partial charge in [-0.2, -0.15) is 0 Å². The molecule has 3 aromatic rings. The first-order valence-electron chi connectivity index (χ1n) is 8.65. The van der Waals surface area contributed by atoms with Crippen molar-refractivity contribution in [2.24, 2.45) is 0 Å². The Labute approximate surface area is 170 Å². The van der Waals surface area contributed by atoms with E-state index in [9.17, 15) is 18.8 Å². The molecule has 7 heteroatoms. The maximum Gasteiger partial charge on any atom is 0.262 e. The van der Waals surface area contributed by atoms with Crippen LogP contribution in [0.2, 0.25) is 5.02 Å². The third-order valence-corrected chi connectivity index (χ3v) is 4.78. The normalized spacial score (nSPS) is 12.2. The Morgan fingerprint density at radius 2 is 1.62 bits per heavy atom. The Kier molecular flexibility index (Phi) is 4.86. The molecule has 0 saturated heterocycles. The smallest absolute Gasteiger partial charge is 0.262 e. The lowest BCUT2D eigenvalue weighted by molar-refractivity contribution is -0.118. The summed E-state index contributed by atoms with van der Waals surface area (Å²) in [4.78, 5) is 38.0. The number of hydrogen-bond acceptors (Lipinski definition) is 4. The SMILES string of the molecule is O=C(COc1ccc(F)c(Cl)c1)Nc1cccc2c1C(=O)c1ccccc1C2=O. The van der Waals surface area contributed by atoms with Gasteiger partial charge in [-0.1, -0.05) is 48.0 Å². The number of amides is 1. The number of hydrogen-bond donors (Lipinski definition) is 1. The molecule has 4 rings (SSSR count). The van der Waals surface area contributed by atoms with Crippen LogP contribution in [0.15, 0.2) is 60.7 Å². The first-order chi connectivity index (χ1) is 14.0. The van der Waals surface area contributed by atoms with E-state index in [0.717, 1.165) is 6.07 Å². The summed E-state index contributed by atoms with van der Waals surface area (Å²) in [6.45, 7) is -0.385. The van der Waals surface area contributed by atoms with Gasteiger partial charge in [-0.25, -0.2) is 4.39 Å². The highest BCUT2D eigenvalue weighted by Crippen LogP contribution is 2.32. The van der Waals surface area contributed by atoms with Crippen LogP contribution in [0, 0.1) is 5.82 Å². The molecule has 0 atom stereocenters. The number of fused-ring (bicyclic) bond motifs is 2. The van der Waals surface area contributed by atoms with Crippen molar-refractivity contribution in [3.63, 3.8) is 0 Å². The van der Waals surface area contributed by atoms with Crippen molar-refractivity contribution in [2.75, 3.05) is 11.9 Å². The van der Waals surface area contributed by atoms with E-state index in [-0.39, 0.29) is 45.8 Å². The molecule has 0 aliphatic heterocycles. The molecule has 1 N–H and O–H groups in total. The molecule has 0 saturated carbocycles. The zero-order valence-corrected chi connectivity index (χ0v) is 15.6. The molecule has 0 fully saturated rings. The molecule has 0 spiro atoms. The van der Waals surface area contributed by atoms with Gasteiger partial charge in [0.05, 0.1) is 16.3 Å². The number of carbonyl (C=O) groups is 3. The summed E-state index contributed by atoms with van der Waals surface area (Å²) in [6.07, 6.45) is 0. The Morgan fingerprint density at radius 3 is 2.34 bits per heavy atom. The average molecular weight is 410 g/mol. The number of halogens is 2. The average Bonchev–Trinajstić information content (AvgIpc) is 2.73. The fraction of sp³-hybridized carbons (Fsp3) is 0.0455. The first-order valence-corrected chi connectivity index (χ1v) is 9.02. The van der Waals surface area contributed by atoms with E-state index in [0.29, 0.717) is 11.1 Å². The van der Waals surface area contributed by atoms with Crippen molar-refractivity contribution in [3.05, 3.63) is 93.8 Å². The Hall–Kier alpha value is -3.51. The molecule has 1 aliphatic carbocycles. The van der Waals surface area contributed by atoms with Gasteiger partial charge < -0.3 is 10.1 Å². The van der Waals surface area contributed by atoms with Crippen molar-refractivity contribution >= 4 is 34.8 Å². The van der Waals surface area contributed by atoms with Gasteiger partial charge in [0.25, 0.3) is 5.91 Å². The van der Waals surface area contributed by atoms with Crippen LogP contribution in [0.5, 0.6) is 5.75 Å². The van der Waals surface area contributed by atoms with E-state index < -0.39 is 11.7 Å². The first kappa shape index (κ1) is 18.8. The lowest BCUT2D eigenvalue weighted by Crippen LogP contribution is -2.25. The van der Waals surface area contributed by atoms with Crippen LogP contribution < -0.4 is 10.1 Å². The molecule has 5 nitrogen and oxygen atoms in total. The van der Waals surface area contributed by atoms with Gasteiger partial charge in [-0.3, -0.25) is 14.4 Å². The van der Waals surface area contributed by atoms with E-state index >= 15 is 0 Å². The minimum Gasteiger partial charge on any atom is -0.484 e. The van der Waals surface area contributed by atoms with E-state index in [1.54, 1.807) is 42.5 Å². The van der Waals surface area contributed by atoms with Crippen molar-refractivity contribution in [3.8, 4) is 5.75 Å². The summed E-state index contributed by atoms with van der Waals surface area (Å²) >= 11 is 5.68. The summed E-state index contributed by atoms with van der Waals surface area (Å²) in [5, 5.41) is 2.48. The van der Waals surface area contributed by atoms with Crippen molar-refractivity contribution < 1.29 is 23.5 Å². The van der Waals surface area contributed by atoms with Gasteiger partial charge in [0.2, 0.25) is 0 Å². The van der Waals surface area contributed by atoms with Gasteiger partial charge in [-0.05, 0) is 18.2 Å². The molecule has 1 aliphatic rings. The van der Waals surface area contributed by atoms with Gasteiger partial charge in [0, 0.05) is 22.8 Å². The highest BCUT2D eigenvalue weighted by Gasteiger charge is 2.31. The molecule has 0 unspecified atom stereocenters. The maximum absolute atomic E-state index is 13.2. The summed E-state index contributed by atoms with van der Waals surface area (Å²) < 4.78 is 18.5. The minimum atomic E-state index is -0.595. The number of rotatable bonds is 4. The summed E-state index contributed by atoms with van der Waals surface area (Å²) in [6, 6.07) is 15.0. The number of carbonyl (C=O) groups excluding carboxylic acids is 3. The van der Waals surface area contributed by atoms with Crippen LogP contribution in [-0.2, 0) is 4.79 Å². The van der Waals surface area contributed by atoms with Crippen molar-refractivity contribution in [1.29, 1.82) is 0 Å². The fourth-order valence-electron chi connectivity index (χ4n) is 3.15. The molecule has 29 heavy (non-hydrogen) atoms. The highest BCUT2D eigenvalue weighted by molar-refractivity contribution is 6.31. The number of benzene rings is 3. The topological polar surface area (TPSA) is 72.5 Å². The molecule has 0 radical (unpaired) electrons. The summed E-state index contributed by atoms with van der Waals surface area (Å²) in [5.41, 5.74) is 1.24. The largest absolute Gasteiger partial charge is 0.484 e. The van der Waals surface area contributed by atoms with Crippen molar-refractivity contribution in [2.45, 2.75) is 0 Å². The van der Waals surface area contributed by atoms with Gasteiger partial charge in [0.15, 0.2) is 18.2 Å². The molecule has 0 bridgehead atoms. The van der Waals surface area contributed by atoms with Crippen LogP contribution in [-0.4, -0.2) is 24.1 Å². The molecule has 3 aromatic carbocycles. The van der Waals surface area contributed by atoms with Crippen molar-refractivity contribution in [1.82, 2.24) is 0 Å². The monoisotopic (exact) mass is 409 g/mol. The van der Waals surface area contributed by atoms with Gasteiger partial charge in [-0.15, -0.1) is 0 Å². The van der Waals surface area contributed by atoms with E-state index in [4.69, 9.17) is 16.3 Å². The molecular formula is C22H13ClFNO4.